The van der Waals surface area contributed by atoms with E-state index in [2.05, 4.69) is 19.2 Å². The number of ether oxygens (including phenoxy) is 2. The Labute approximate surface area is 101 Å². The van der Waals surface area contributed by atoms with Crippen LogP contribution in [0.3, 0.4) is 0 Å². The van der Waals surface area contributed by atoms with Crippen molar-refractivity contribution >= 4 is 11.6 Å². The number of carbonyl (C=O) groups excluding carboxylic acids is 1. The fourth-order valence-corrected chi connectivity index (χ4v) is 2.11. The van der Waals surface area contributed by atoms with Gasteiger partial charge in [-0.1, -0.05) is 13.8 Å². The van der Waals surface area contributed by atoms with Gasteiger partial charge in [0.05, 0.1) is 12.8 Å². The third kappa shape index (κ3) is 1.95. The quantitative estimate of drug-likeness (QED) is 0.856. The van der Waals surface area contributed by atoms with Gasteiger partial charge in [0.25, 0.3) is 5.91 Å². The SMILES string of the molecule is COc1cc(C)c2c(c1C(C)C)OCC(=O)N2. The molecule has 0 saturated heterocycles. The van der Waals surface area contributed by atoms with Crippen LogP contribution in [0.15, 0.2) is 6.07 Å². The average molecular weight is 235 g/mol. The highest BCUT2D eigenvalue weighted by molar-refractivity contribution is 5.97. The first-order valence-corrected chi connectivity index (χ1v) is 5.68. The van der Waals surface area contributed by atoms with Gasteiger partial charge in [0.15, 0.2) is 12.4 Å². The molecule has 0 spiro atoms. The molecule has 17 heavy (non-hydrogen) atoms. The molecule has 0 aliphatic carbocycles. The van der Waals surface area contributed by atoms with Gasteiger partial charge in [-0.15, -0.1) is 0 Å². The second kappa shape index (κ2) is 4.28. The number of fused-ring (bicyclic) bond motifs is 1. The van der Waals surface area contributed by atoms with E-state index < -0.39 is 0 Å². The lowest BCUT2D eigenvalue weighted by molar-refractivity contribution is -0.118. The van der Waals surface area contributed by atoms with E-state index in [4.69, 9.17) is 9.47 Å². The molecule has 4 nitrogen and oxygen atoms in total. The molecule has 2 rings (SSSR count). The molecule has 0 bridgehead atoms. The van der Waals surface area contributed by atoms with Crippen molar-refractivity contribution in [1.82, 2.24) is 0 Å². The van der Waals surface area contributed by atoms with Crippen LogP contribution in [-0.4, -0.2) is 19.6 Å². The highest BCUT2D eigenvalue weighted by Crippen LogP contribution is 2.44. The first-order valence-electron chi connectivity index (χ1n) is 5.68. The Balaban J connectivity index is 2.65. The van der Waals surface area contributed by atoms with E-state index in [1.807, 2.05) is 13.0 Å². The van der Waals surface area contributed by atoms with Crippen LogP contribution in [0, 0.1) is 6.92 Å². The highest BCUT2D eigenvalue weighted by Gasteiger charge is 2.25. The van der Waals surface area contributed by atoms with E-state index in [-0.39, 0.29) is 18.4 Å². The van der Waals surface area contributed by atoms with Crippen LogP contribution in [0.1, 0.15) is 30.9 Å². The maximum absolute atomic E-state index is 11.3. The topological polar surface area (TPSA) is 47.6 Å². The van der Waals surface area contributed by atoms with E-state index in [9.17, 15) is 4.79 Å². The van der Waals surface area contributed by atoms with Crippen LogP contribution in [0.25, 0.3) is 0 Å². The summed E-state index contributed by atoms with van der Waals surface area (Å²) in [5, 5.41) is 2.86. The lowest BCUT2D eigenvalue weighted by atomic mass is 9.97. The van der Waals surface area contributed by atoms with E-state index in [1.165, 1.54) is 0 Å². The zero-order valence-electron chi connectivity index (χ0n) is 10.6. The third-order valence-corrected chi connectivity index (χ3v) is 2.89. The van der Waals surface area contributed by atoms with Gasteiger partial charge in [0, 0.05) is 5.56 Å². The van der Waals surface area contributed by atoms with Gasteiger partial charge in [-0.05, 0) is 24.5 Å². The van der Waals surface area contributed by atoms with Crippen molar-refractivity contribution in [3.8, 4) is 11.5 Å². The summed E-state index contributed by atoms with van der Waals surface area (Å²) in [5.74, 6) is 1.72. The predicted octanol–water partition coefficient (Wildman–Crippen LogP) is 2.46. The Kier molecular flexibility index (Phi) is 2.96. The van der Waals surface area contributed by atoms with Gasteiger partial charge in [-0.25, -0.2) is 0 Å². The molecule has 0 fully saturated rings. The number of nitrogens with one attached hydrogen (secondary N) is 1. The van der Waals surface area contributed by atoms with Gasteiger partial charge < -0.3 is 14.8 Å². The number of benzene rings is 1. The Bertz CT molecular complexity index is 466. The fourth-order valence-electron chi connectivity index (χ4n) is 2.11. The zero-order valence-corrected chi connectivity index (χ0v) is 10.6. The van der Waals surface area contributed by atoms with E-state index in [0.717, 1.165) is 28.3 Å². The van der Waals surface area contributed by atoms with E-state index in [1.54, 1.807) is 7.11 Å². The molecular formula is C13H17NO3. The van der Waals surface area contributed by atoms with E-state index >= 15 is 0 Å². The largest absolute Gasteiger partial charge is 0.496 e. The average Bonchev–Trinajstić information content (AvgIpc) is 2.28. The number of hydrogen-bond acceptors (Lipinski definition) is 3. The molecular weight excluding hydrogens is 218 g/mol. The molecule has 0 aromatic heterocycles. The molecule has 4 heteroatoms. The van der Waals surface area contributed by atoms with Crippen LogP contribution in [0.5, 0.6) is 11.5 Å². The number of rotatable bonds is 2. The number of carbonyl (C=O) groups is 1. The molecule has 0 atom stereocenters. The number of hydrogen-bond donors (Lipinski definition) is 1. The third-order valence-electron chi connectivity index (χ3n) is 2.89. The molecule has 0 saturated carbocycles. The Hall–Kier alpha value is -1.71. The Morgan fingerprint density at radius 3 is 2.76 bits per heavy atom. The number of methoxy groups -OCH3 is 1. The van der Waals surface area contributed by atoms with Crippen molar-refractivity contribution < 1.29 is 14.3 Å². The number of anilines is 1. The second-order valence-electron chi connectivity index (χ2n) is 4.51. The van der Waals surface area contributed by atoms with Crippen LogP contribution >= 0.6 is 0 Å². The lowest BCUT2D eigenvalue weighted by Crippen LogP contribution is -2.27. The summed E-state index contributed by atoms with van der Waals surface area (Å²) >= 11 is 0. The fraction of sp³-hybridized carbons (Fsp3) is 0.462. The minimum atomic E-state index is -0.111. The minimum absolute atomic E-state index is 0.0688. The number of aryl methyl sites for hydroxylation is 1. The van der Waals surface area contributed by atoms with Gasteiger partial charge >= 0.3 is 0 Å². The molecule has 1 aromatic carbocycles. The van der Waals surface area contributed by atoms with Crippen molar-refractivity contribution in [2.45, 2.75) is 26.7 Å². The summed E-state index contributed by atoms with van der Waals surface area (Å²) in [6.45, 7) is 6.15. The van der Waals surface area contributed by atoms with Crippen molar-refractivity contribution in [2.24, 2.45) is 0 Å². The molecule has 0 unspecified atom stereocenters. The van der Waals surface area contributed by atoms with Crippen molar-refractivity contribution in [3.63, 3.8) is 0 Å². The van der Waals surface area contributed by atoms with Gasteiger partial charge in [0.2, 0.25) is 0 Å². The number of amides is 1. The Morgan fingerprint density at radius 2 is 2.18 bits per heavy atom. The van der Waals surface area contributed by atoms with Crippen LogP contribution < -0.4 is 14.8 Å². The molecule has 1 aliphatic heterocycles. The smallest absolute Gasteiger partial charge is 0.262 e. The van der Waals surface area contributed by atoms with Gasteiger partial charge in [0.1, 0.15) is 5.75 Å². The first kappa shape index (κ1) is 11.8. The first-order chi connectivity index (χ1) is 8.04. The summed E-state index contributed by atoms with van der Waals surface area (Å²) in [6, 6.07) is 1.93. The molecule has 1 aromatic rings. The maximum atomic E-state index is 11.3. The molecule has 0 radical (unpaired) electrons. The Morgan fingerprint density at radius 1 is 1.47 bits per heavy atom. The van der Waals surface area contributed by atoms with Crippen LogP contribution in [-0.2, 0) is 4.79 Å². The highest BCUT2D eigenvalue weighted by atomic mass is 16.5. The van der Waals surface area contributed by atoms with Gasteiger partial charge in [-0.2, -0.15) is 0 Å². The molecule has 1 aliphatic rings. The molecule has 1 N–H and O–H groups in total. The summed E-state index contributed by atoms with van der Waals surface area (Å²) in [7, 11) is 1.65. The maximum Gasteiger partial charge on any atom is 0.262 e. The van der Waals surface area contributed by atoms with Crippen LogP contribution in [0.2, 0.25) is 0 Å². The summed E-state index contributed by atoms with van der Waals surface area (Å²) in [4.78, 5) is 11.3. The standard InChI is InChI=1S/C13H17NO3/c1-7(2)11-9(16-4)5-8(3)12-13(11)17-6-10(15)14-12/h5,7H,6H2,1-4H3,(H,14,15). The second-order valence-corrected chi connectivity index (χ2v) is 4.51. The summed E-state index contributed by atoms with van der Waals surface area (Å²) in [6.07, 6.45) is 0. The summed E-state index contributed by atoms with van der Waals surface area (Å²) in [5.41, 5.74) is 2.73. The molecule has 1 heterocycles. The lowest BCUT2D eigenvalue weighted by Gasteiger charge is -2.25. The summed E-state index contributed by atoms with van der Waals surface area (Å²) < 4.78 is 10.9. The van der Waals surface area contributed by atoms with Crippen LogP contribution in [0.4, 0.5) is 5.69 Å². The van der Waals surface area contributed by atoms with Crippen molar-refractivity contribution in [3.05, 3.63) is 17.2 Å². The van der Waals surface area contributed by atoms with Crippen molar-refractivity contribution in [1.29, 1.82) is 0 Å². The monoisotopic (exact) mass is 235 g/mol. The predicted molar refractivity (Wildman–Crippen MR) is 65.9 cm³/mol. The molecule has 92 valence electrons. The normalized spacial score (nSPS) is 14.1. The van der Waals surface area contributed by atoms with E-state index in [0.29, 0.717) is 0 Å². The zero-order chi connectivity index (χ0) is 12.6. The minimum Gasteiger partial charge on any atom is -0.496 e. The molecule has 1 amide bonds. The van der Waals surface area contributed by atoms with Gasteiger partial charge in [-0.3, -0.25) is 4.79 Å². The van der Waals surface area contributed by atoms with Crippen molar-refractivity contribution in [2.75, 3.05) is 19.0 Å².